The third-order valence-corrected chi connectivity index (χ3v) is 2.78. The van der Waals surface area contributed by atoms with Crippen LogP contribution in [0.4, 0.5) is 11.4 Å². The normalized spacial score (nSPS) is 9.90. The van der Waals surface area contributed by atoms with Crippen molar-refractivity contribution >= 4 is 23.2 Å². The van der Waals surface area contributed by atoms with Gasteiger partial charge >= 0.3 is 0 Å². The van der Waals surface area contributed by atoms with E-state index in [1.807, 2.05) is 6.92 Å². The van der Waals surface area contributed by atoms with Crippen molar-refractivity contribution in [3.05, 3.63) is 23.8 Å². The highest BCUT2D eigenvalue weighted by Crippen LogP contribution is 2.19. The molecule has 1 aromatic carbocycles. The molecule has 6 heteroatoms. The van der Waals surface area contributed by atoms with Crippen LogP contribution in [0.25, 0.3) is 0 Å². The molecule has 0 aliphatic heterocycles. The van der Waals surface area contributed by atoms with Gasteiger partial charge in [-0.15, -0.1) is 0 Å². The molecule has 0 fully saturated rings. The van der Waals surface area contributed by atoms with Crippen LogP contribution in [0.2, 0.25) is 0 Å². The highest BCUT2D eigenvalue weighted by Gasteiger charge is 2.07. The van der Waals surface area contributed by atoms with Crippen LogP contribution in [0, 0.1) is 0 Å². The number of nitrogens with two attached hydrogens (primary N) is 1. The zero-order valence-corrected chi connectivity index (χ0v) is 12.0. The minimum absolute atomic E-state index is 0.000349. The van der Waals surface area contributed by atoms with E-state index < -0.39 is 0 Å². The number of hydrogen-bond acceptors (Lipinski definition) is 4. The van der Waals surface area contributed by atoms with Crippen LogP contribution in [0.5, 0.6) is 0 Å². The summed E-state index contributed by atoms with van der Waals surface area (Å²) in [6.07, 6.45) is 1.28. The van der Waals surface area contributed by atoms with Crippen molar-refractivity contribution < 1.29 is 9.59 Å². The van der Waals surface area contributed by atoms with E-state index in [2.05, 4.69) is 16.0 Å². The van der Waals surface area contributed by atoms with E-state index in [9.17, 15) is 9.59 Å². The lowest BCUT2D eigenvalue weighted by molar-refractivity contribution is -0.120. The Kier molecular flexibility index (Phi) is 6.36. The predicted octanol–water partition coefficient (Wildman–Crippen LogP) is 0.957. The second-order valence-electron chi connectivity index (χ2n) is 4.41. The first-order chi connectivity index (χ1) is 9.58. The quantitative estimate of drug-likeness (QED) is 0.558. The van der Waals surface area contributed by atoms with Crippen LogP contribution in [0.1, 0.15) is 30.1 Å². The van der Waals surface area contributed by atoms with Crippen LogP contribution >= 0.6 is 0 Å². The summed E-state index contributed by atoms with van der Waals surface area (Å²) in [6.45, 7) is 3.16. The van der Waals surface area contributed by atoms with E-state index in [0.717, 1.165) is 6.42 Å². The molecule has 0 heterocycles. The number of hydrogen-bond donors (Lipinski definition) is 4. The Labute approximate surface area is 119 Å². The van der Waals surface area contributed by atoms with Gasteiger partial charge in [-0.1, -0.05) is 6.92 Å². The zero-order valence-electron chi connectivity index (χ0n) is 12.0. The molecule has 5 N–H and O–H groups in total. The molecule has 110 valence electrons. The zero-order chi connectivity index (χ0) is 15.0. The van der Waals surface area contributed by atoms with Gasteiger partial charge in [-0.05, 0) is 24.6 Å². The molecule has 2 amide bonds. The Balaban J connectivity index is 2.55. The van der Waals surface area contributed by atoms with Gasteiger partial charge < -0.3 is 21.7 Å². The van der Waals surface area contributed by atoms with E-state index in [1.54, 1.807) is 25.2 Å². The summed E-state index contributed by atoms with van der Waals surface area (Å²) in [4.78, 5) is 23.0. The Hall–Kier alpha value is -2.24. The SMILES string of the molecule is CCCNC(=O)CCNc1cc(C(=O)NC)ccc1N. The standard InChI is InChI=1S/C14H22N4O2/c1-3-7-18-13(19)6-8-17-12-9-10(14(20)16-2)4-5-11(12)15/h4-5,9,17H,3,6-8,15H2,1-2H3,(H,16,20)(H,18,19). The first kappa shape index (κ1) is 15.8. The van der Waals surface area contributed by atoms with Crippen molar-refractivity contribution in [1.82, 2.24) is 10.6 Å². The maximum absolute atomic E-state index is 11.5. The molecule has 1 rings (SSSR count). The van der Waals surface area contributed by atoms with E-state index >= 15 is 0 Å². The molecule has 0 unspecified atom stereocenters. The van der Waals surface area contributed by atoms with Crippen LogP contribution in [-0.4, -0.2) is 32.0 Å². The smallest absolute Gasteiger partial charge is 0.251 e. The molecule has 6 nitrogen and oxygen atoms in total. The van der Waals surface area contributed by atoms with Crippen molar-refractivity contribution in [2.45, 2.75) is 19.8 Å². The van der Waals surface area contributed by atoms with E-state index in [0.29, 0.717) is 36.4 Å². The van der Waals surface area contributed by atoms with Gasteiger partial charge in [0.2, 0.25) is 5.91 Å². The molecular formula is C14H22N4O2. The summed E-state index contributed by atoms with van der Waals surface area (Å²) < 4.78 is 0. The summed E-state index contributed by atoms with van der Waals surface area (Å²) >= 11 is 0. The molecule has 0 aromatic heterocycles. The van der Waals surface area contributed by atoms with E-state index in [-0.39, 0.29) is 11.8 Å². The number of carbonyl (C=O) groups excluding carboxylic acids is 2. The fourth-order valence-electron chi connectivity index (χ4n) is 1.66. The second-order valence-corrected chi connectivity index (χ2v) is 4.41. The number of amides is 2. The molecule has 0 aliphatic carbocycles. The lowest BCUT2D eigenvalue weighted by atomic mass is 10.1. The van der Waals surface area contributed by atoms with E-state index in [1.165, 1.54) is 0 Å². The third kappa shape index (κ3) is 4.79. The van der Waals surface area contributed by atoms with Gasteiger partial charge in [-0.3, -0.25) is 9.59 Å². The number of nitrogen functional groups attached to an aromatic ring is 1. The first-order valence-electron chi connectivity index (χ1n) is 6.70. The maximum atomic E-state index is 11.5. The summed E-state index contributed by atoms with van der Waals surface area (Å²) in [5.41, 5.74) is 7.57. The van der Waals surface area contributed by atoms with Gasteiger partial charge in [-0.25, -0.2) is 0 Å². The summed E-state index contributed by atoms with van der Waals surface area (Å²) in [5.74, 6) is -0.172. The van der Waals surface area contributed by atoms with Gasteiger partial charge in [0.05, 0.1) is 11.4 Å². The van der Waals surface area contributed by atoms with Crippen molar-refractivity contribution in [2.75, 3.05) is 31.2 Å². The molecule has 20 heavy (non-hydrogen) atoms. The highest BCUT2D eigenvalue weighted by molar-refractivity contribution is 5.96. The highest BCUT2D eigenvalue weighted by atomic mass is 16.2. The average Bonchev–Trinajstić information content (AvgIpc) is 2.46. The summed E-state index contributed by atoms with van der Waals surface area (Å²) in [7, 11) is 1.57. The summed E-state index contributed by atoms with van der Waals surface area (Å²) in [5, 5.41) is 8.43. The van der Waals surface area contributed by atoms with Crippen LogP contribution in [0.3, 0.4) is 0 Å². The molecule has 1 aromatic rings. The average molecular weight is 278 g/mol. The second kappa shape index (κ2) is 8.04. The maximum Gasteiger partial charge on any atom is 0.251 e. The Morgan fingerprint density at radius 1 is 1.25 bits per heavy atom. The van der Waals surface area contributed by atoms with Crippen molar-refractivity contribution in [2.24, 2.45) is 0 Å². The molecule has 0 bridgehead atoms. The summed E-state index contributed by atoms with van der Waals surface area (Å²) in [6, 6.07) is 5.01. The lowest BCUT2D eigenvalue weighted by Gasteiger charge is -2.11. The van der Waals surface area contributed by atoms with E-state index in [4.69, 9.17) is 5.73 Å². The van der Waals surface area contributed by atoms with Crippen LogP contribution in [0.15, 0.2) is 18.2 Å². The lowest BCUT2D eigenvalue weighted by Crippen LogP contribution is -2.26. The number of carbonyl (C=O) groups is 2. The minimum Gasteiger partial charge on any atom is -0.397 e. The van der Waals surface area contributed by atoms with Gasteiger partial charge in [0.15, 0.2) is 0 Å². The predicted molar refractivity (Wildman–Crippen MR) is 80.7 cm³/mol. The molecule has 0 radical (unpaired) electrons. The van der Waals surface area contributed by atoms with Gasteiger partial charge in [0, 0.05) is 32.1 Å². The van der Waals surface area contributed by atoms with Gasteiger partial charge in [0.25, 0.3) is 5.91 Å². The number of anilines is 2. The molecule has 0 saturated carbocycles. The monoisotopic (exact) mass is 278 g/mol. The molecule has 0 aliphatic rings. The number of rotatable bonds is 7. The Morgan fingerprint density at radius 2 is 2.00 bits per heavy atom. The van der Waals surface area contributed by atoms with Crippen molar-refractivity contribution in [1.29, 1.82) is 0 Å². The topological polar surface area (TPSA) is 96.2 Å². The van der Waals surface area contributed by atoms with Gasteiger partial charge in [0.1, 0.15) is 0 Å². The van der Waals surface area contributed by atoms with Gasteiger partial charge in [-0.2, -0.15) is 0 Å². The fraction of sp³-hybridized carbons (Fsp3) is 0.429. The van der Waals surface area contributed by atoms with Crippen LogP contribution in [-0.2, 0) is 4.79 Å². The first-order valence-corrected chi connectivity index (χ1v) is 6.70. The fourth-order valence-corrected chi connectivity index (χ4v) is 1.66. The number of benzene rings is 1. The molecule has 0 atom stereocenters. The van der Waals surface area contributed by atoms with Crippen molar-refractivity contribution in [3.63, 3.8) is 0 Å². The largest absolute Gasteiger partial charge is 0.397 e. The Bertz CT molecular complexity index is 474. The van der Waals surface area contributed by atoms with Crippen molar-refractivity contribution in [3.8, 4) is 0 Å². The molecular weight excluding hydrogens is 256 g/mol. The molecule has 0 spiro atoms. The number of nitrogens with one attached hydrogen (secondary N) is 3. The minimum atomic E-state index is -0.172. The molecule has 0 saturated heterocycles. The third-order valence-electron chi connectivity index (χ3n) is 2.78. The van der Waals surface area contributed by atoms with Crippen LogP contribution < -0.4 is 21.7 Å². The Morgan fingerprint density at radius 3 is 2.65 bits per heavy atom.